The van der Waals surface area contributed by atoms with E-state index in [1.54, 1.807) is 27.9 Å². The van der Waals surface area contributed by atoms with Crippen molar-refractivity contribution in [1.82, 2.24) is 19.7 Å². The first-order chi connectivity index (χ1) is 13.9. The van der Waals surface area contributed by atoms with Crippen LogP contribution in [0.3, 0.4) is 0 Å². The van der Waals surface area contributed by atoms with Gasteiger partial charge >= 0.3 is 5.97 Å². The summed E-state index contributed by atoms with van der Waals surface area (Å²) < 4.78 is 1.73. The van der Waals surface area contributed by atoms with E-state index in [4.69, 9.17) is 5.11 Å². The number of carbonyl (C=O) groups is 2. The molecule has 3 rings (SSSR count). The van der Waals surface area contributed by atoms with Crippen LogP contribution in [-0.4, -0.2) is 43.2 Å². The zero-order valence-corrected chi connectivity index (χ0v) is 16.6. The standard InChI is InChI=1S/C22H24N4O3/c1-16-13-17(2)26(24-16)20-11-10-19(14-23-20)22(29)25(12-6-9-21(27)28)15-18-7-4-3-5-8-18/h3-5,7-8,10-11,13-14H,6,9,12,15H2,1-2H3,(H,27,28). The Morgan fingerprint density at radius 2 is 1.86 bits per heavy atom. The fourth-order valence-electron chi connectivity index (χ4n) is 3.16. The number of amides is 1. The van der Waals surface area contributed by atoms with Gasteiger partial charge in [-0.05, 0) is 44.0 Å². The molecular formula is C22H24N4O3. The molecule has 7 heteroatoms. The first-order valence-electron chi connectivity index (χ1n) is 9.49. The summed E-state index contributed by atoms with van der Waals surface area (Å²) >= 11 is 0. The SMILES string of the molecule is Cc1cc(C)n(-c2ccc(C(=O)N(CCCC(=O)O)Cc3ccccc3)cn2)n1. The van der Waals surface area contributed by atoms with E-state index in [1.165, 1.54) is 0 Å². The monoisotopic (exact) mass is 392 g/mol. The molecule has 0 spiro atoms. The lowest BCUT2D eigenvalue weighted by molar-refractivity contribution is -0.137. The normalized spacial score (nSPS) is 10.7. The van der Waals surface area contributed by atoms with Crippen molar-refractivity contribution in [2.24, 2.45) is 0 Å². The van der Waals surface area contributed by atoms with Gasteiger partial charge in [-0.15, -0.1) is 0 Å². The second-order valence-corrected chi connectivity index (χ2v) is 6.95. The van der Waals surface area contributed by atoms with Crippen LogP contribution in [0.25, 0.3) is 5.82 Å². The number of carbonyl (C=O) groups excluding carboxylic acids is 1. The molecule has 1 amide bonds. The van der Waals surface area contributed by atoms with E-state index < -0.39 is 5.97 Å². The highest BCUT2D eigenvalue weighted by Crippen LogP contribution is 2.14. The van der Waals surface area contributed by atoms with Crippen molar-refractivity contribution in [2.45, 2.75) is 33.2 Å². The maximum absolute atomic E-state index is 13.1. The van der Waals surface area contributed by atoms with Gasteiger partial charge in [0.25, 0.3) is 5.91 Å². The molecule has 2 aromatic heterocycles. The zero-order chi connectivity index (χ0) is 20.8. The zero-order valence-electron chi connectivity index (χ0n) is 16.6. The number of nitrogens with zero attached hydrogens (tertiary/aromatic N) is 4. The van der Waals surface area contributed by atoms with Crippen LogP contribution in [-0.2, 0) is 11.3 Å². The van der Waals surface area contributed by atoms with Crippen LogP contribution in [0.15, 0.2) is 54.7 Å². The van der Waals surface area contributed by atoms with Crippen molar-refractivity contribution in [3.8, 4) is 5.82 Å². The average Bonchev–Trinajstić information content (AvgIpc) is 3.05. The molecule has 0 aliphatic rings. The molecule has 1 aromatic carbocycles. The van der Waals surface area contributed by atoms with Gasteiger partial charge in [-0.1, -0.05) is 30.3 Å². The Morgan fingerprint density at radius 3 is 2.45 bits per heavy atom. The molecule has 0 fully saturated rings. The quantitative estimate of drug-likeness (QED) is 0.635. The Morgan fingerprint density at radius 1 is 1.10 bits per heavy atom. The van der Waals surface area contributed by atoms with Crippen molar-refractivity contribution in [2.75, 3.05) is 6.54 Å². The highest BCUT2D eigenvalue weighted by Gasteiger charge is 2.17. The number of carboxylic acid groups (broad SMARTS) is 1. The molecule has 0 saturated carbocycles. The van der Waals surface area contributed by atoms with Crippen LogP contribution in [0.1, 0.15) is 40.2 Å². The molecule has 0 bridgehead atoms. The minimum Gasteiger partial charge on any atom is -0.481 e. The van der Waals surface area contributed by atoms with Crippen molar-refractivity contribution in [3.05, 3.63) is 77.2 Å². The van der Waals surface area contributed by atoms with Gasteiger partial charge in [0.15, 0.2) is 5.82 Å². The second-order valence-electron chi connectivity index (χ2n) is 6.95. The largest absolute Gasteiger partial charge is 0.481 e. The average molecular weight is 392 g/mol. The number of aryl methyl sites for hydroxylation is 2. The molecule has 0 atom stereocenters. The first kappa shape index (κ1) is 20.3. The van der Waals surface area contributed by atoms with Crippen LogP contribution in [0.4, 0.5) is 0 Å². The minimum atomic E-state index is -0.868. The Kier molecular flexibility index (Phi) is 6.39. The van der Waals surface area contributed by atoms with Gasteiger partial charge in [-0.25, -0.2) is 9.67 Å². The summed E-state index contributed by atoms with van der Waals surface area (Å²) in [6, 6.07) is 15.1. The maximum atomic E-state index is 13.1. The van der Waals surface area contributed by atoms with E-state index in [2.05, 4.69) is 10.1 Å². The molecule has 0 unspecified atom stereocenters. The number of rotatable bonds is 8. The number of aromatic nitrogens is 3. The summed E-state index contributed by atoms with van der Waals surface area (Å²) in [4.78, 5) is 30.0. The minimum absolute atomic E-state index is 0.0215. The van der Waals surface area contributed by atoms with Gasteiger partial charge in [0.2, 0.25) is 0 Å². The molecule has 2 heterocycles. The summed E-state index contributed by atoms with van der Waals surface area (Å²) in [6.45, 7) is 4.64. The van der Waals surface area contributed by atoms with Crippen molar-refractivity contribution in [1.29, 1.82) is 0 Å². The Bertz CT molecular complexity index is 981. The summed E-state index contributed by atoms with van der Waals surface area (Å²) in [5.74, 6) is -0.396. The summed E-state index contributed by atoms with van der Waals surface area (Å²) in [5, 5.41) is 13.3. The van der Waals surface area contributed by atoms with Crippen LogP contribution in [0.5, 0.6) is 0 Å². The number of hydrogen-bond acceptors (Lipinski definition) is 4. The van der Waals surface area contributed by atoms with Gasteiger partial charge in [0, 0.05) is 31.4 Å². The lowest BCUT2D eigenvalue weighted by atomic mass is 10.1. The summed E-state index contributed by atoms with van der Waals surface area (Å²) in [5.41, 5.74) is 3.32. The fraction of sp³-hybridized carbons (Fsp3) is 0.273. The van der Waals surface area contributed by atoms with Gasteiger partial charge in [-0.3, -0.25) is 9.59 Å². The van der Waals surface area contributed by atoms with Gasteiger partial charge in [0.1, 0.15) is 0 Å². The Labute approximate surface area is 169 Å². The van der Waals surface area contributed by atoms with Crippen LogP contribution < -0.4 is 0 Å². The highest BCUT2D eigenvalue weighted by molar-refractivity contribution is 5.94. The van der Waals surface area contributed by atoms with Crippen LogP contribution >= 0.6 is 0 Å². The summed E-state index contributed by atoms with van der Waals surface area (Å²) in [6.07, 6.45) is 1.96. The van der Waals surface area contributed by atoms with E-state index >= 15 is 0 Å². The maximum Gasteiger partial charge on any atom is 0.303 e. The molecule has 1 N–H and O–H groups in total. The Hall–Kier alpha value is -3.48. The van der Waals surface area contributed by atoms with Gasteiger partial charge < -0.3 is 10.0 Å². The highest BCUT2D eigenvalue weighted by atomic mass is 16.4. The third-order valence-corrected chi connectivity index (χ3v) is 4.54. The van der Waals surface area contributed by atoms with Crippen LogP contribution in [0, 0.1) is 13.8 Å². The molecule has 0 aliphatic carbocycles. The van der Waals surface area contributed by atoms with E-state index in [1.807, 2.05) is 50.2 Å². The third-order valence-electron chi connectivity index (χ3n) is 4.54. The smallest absolute Gasteiger partial charge is 0.303 e. The number of benzene rings is 1. The third kappa shape index (κ3) is 5.28. The second kappa shape index (κ2) is 9.14. The molecule has 0 saturated heterocycles. The lowest BCUT2D eigenvalue weighted by Crippen LogP contribution is -2.32. The van der Waals surface area contributed by atoms with E-state index in [9.17, 15) is 9.59 Å². The molecule has 0 radical (unpaired) electrons. The number of carboxylic acids is 1. The molecule has 0 aliphatic heterocycles. The van der Waals surface area contributed by atoms with Crippen molar-refractivity contribution >= 4 is 11.9 Å². The topological polar surface area (TPSA) is 88.3 Å². The Balaban J connectivity index is 1.78. The molecule has 150 valence electrons. The first-order valence-corrected chi connectivity index (χ1v) is 9.49. The number of pyridine rings is 1. The predicted octanol–water partition coefficient (Wildman–Crippen LogP) is 3.39. The van der Waals surface area contributed by atoms with E-state index in [0.717, 1.165) is 17.0 Å². The van der Waals surface area contributed by atoms with E-state index in [-0.39, 0.29) is 12.3 Å². The van der Waals surface area contributed by atoms with Crippen molar-refractivity contribution < 1.29 is 14.7 Å². The van der Waals surface area contributed by atoms with Crippen molar-refractivity contribution in [3.63, 3.8) is 0 Å². The van der Waals surface area contributed by atoms with E-state index in [0.29, 0.717) is 30.9 Å². The lowest BCUT2D eigenvalue weighted by Gasteiger charge is -2.23. The number of hydrogen-bond donors (Lipinski definition) is 1. The molecular weight excluding hydrogens is 368 g/mol. The molecule has 7 nitrogen and oxygen atoms in total. The van der Waals surface area contributed by atoms with Gasteiger partial charge in [-0.2, -0.15) is 5.10 Å². The van der Waals surface area contributed by atoms with Crippen LogP contribution in [0.2, 0.25) is 0 Å². The fourth-order valence-corrected chi connectivity index (χ4v) is 3.16. The molecule has 3 aromatic rings. The predicted molar refractivity (Wildman–Crippen MR) is 109 cm³/mol. The molecule has 29 heavy (non-hydrogen) atoms. The summed E-state index contributed by atoms with van der Waals surface area (Å²) in [7, 11) is 0. The van der Waals surface area contributed by atoms with Gasteiger partial charge in [0.05, 0.1) is 11.3 Å². The number of aliphatic carboxylic acids is 1.